The molecule has 0 amide bonds. The lowest BCUT2D eigenvalue weighted by molar-refractivity contribution is 0.101. The zero-order valence-electron chi connectivity index (χ0n) is 14.1. The minimum Gasteiger partial charge on any atom is -0.359 e. The van der Waals surface area contributed by atoms with E-state index in [0.29, 0.717) is 13.1 Å². The summed E-state index contributed by atoms with van der Waals surface area (Å²) >= 11 is 0. The number of pyridine rings is 1. The Labute approximate surface area is 140 Å². The molecule has 0 aliphatic heterocycles. The van der Waals surface area contributed by atoms with Gasteiger partial charge < -0.3 is 9.09 Å². The molecule has 3 rings (SSSR count). The first-order valence-corrected chi connectivity index (χ1v) is 7.74. The lowest BCUT2D eigenvalue weighted by Crippen LogP contribution is -2.18. The molecule has 0 radical (unpaired) electrons. The summed E-state index contributed by atoms with van der Waals surface area (Å²) in [6, 6.07) is 9.53. The third-order valence-electron chi connectivity index (χ3n) is 3.86. The minimum atomic E-state index is 0.0785. The second kappa shape index (κ2) is 6.80. The van der Waals surface area contributed by atoms with Crippen LogP contribution in [0.2, 0.25) is 0 Å². The molecule has 0 aliphatic rings. The fraction of sp³-hybridized carbons (Fsp3) is 0.278. The van der Waals surface area contributed by atoms with E-state index in [4.69, 9.17) is 4.52 Å². The number of carbonyl (C=O) groups is 1. The van der Waals surface area contributed by atoms with Gasteiger partial charge in [0, 0.05) is 43.3 Å². The highest BCUT2D eigenvalue weighted by molar-refractivity contribution is 5.94. The molecule has 0 unspecified atom stereocenters. The summed E-state index contributed by atoms with van der Waals surface area (Å²) in [6.07, 6.45) is 3.59. The van der Waals surface area contributed by atoms with Crippen LogP contribution in [-0.4, -0.2) is 32.4 Å². The topological polar surface area (TPSA) is 64.2 Å². The lowest BCUT2D eigenvalue weighted by atomic mass is 10.2. The molecule has 3 aromatic rings. The largest absolute Gasteiger partial charge is 0.359 e. The Morgan fingerprint density at radius 3 is 2.75 bits per heavy atom. The van der Waals surface area contributed by atoms with Crippen LogP contribution in [0, 0.1) is 0 Å². The molecule has 0 saturated carbocycles. The Morgan fingerprint density at radius 2 is 2.08 bits per heavy atom. The summed E-state index contributed by atoms with van der Waals surface area (Å²) in [4.78, 5) is 17.9. The van der Waals surface area contributed by atoms with Gasteiger partial charge in [-0.3, -0.25) is 14.7 Å². The maximum absolute atomic E-state index is 11.5. The van der Waals surface area contributed by atoms with E-state index in [1.54, 1.807) is 13.1 Å². The molecule has 24 heavy (non-hydrogen) atoms. The van der Waals surface area contributed by atoms with Crippen molar-refractivity contribution in [3.8, 4) is 11.4 Å². The first-order valence-electron chi connectivity index (χ1n) is 7.74. The second-order valence-electron chi connectivity index (χ2n) is 5.95. The first kappa shape index (κ1) is 16.1. The predicted molar refractivity (Wildman–Crippen MR) is 90.3 cm³/mol. The van der Waals surface area contributed by atoms with Crippen molar-refractivity contribution in [2.45, 2.75) is 20.0 Å². The van der Waals surface area contributed by atoms with E-state index >= 15 is 0 Å². The fourth-order valence-electron chi connectivity index (χ4n) is 2.58. The highest BCUT2D eigenvalue weighted by atomic mass is 16.5. The summed E-state index contributed by atoms with van der Waals surface area (Å²) in [6.45, 7) is 2.92. The predicted octanol–water partition coefficient (Wildman–Crippen LogP) is 2.91. The van der Waals surface area contributed by atoms with E-state index in [9.17, 15) is 4.79 Å². The van der Waals surface area contributed by atoms with Crippen LogP contribution in [-0.2, 0) is 20.1 Å². The highest BCUT2D eigenvalue weighted by Crippen LogP contribution is 2.18. The van der Waals surface area contributed by atoms with Crippen LogP contribution < -0.4 is 0 Å². The minimum absolute atomic E-state index is 0.0785. The van der Waals surface area contributed by atoms with Gasteiger partial charge in [0.15, 0.2) is 11.5 Å². The van der Waals surface area contributed by atoms with Crippen LogP contribution in [0.15, 0.2) is 47.2 Å². The van der Waals surface area contributed by atoms with Gasteiger partial charge in [-0.2, -0.15) is 0 Å². The van der Waals surface area contributed by atoms with Gasteiger partial charge in [0.05, 0.1) is 12.2 Å². The zero-order valence-corrected chi connectivity index (χ0v) is 14.1. The number of aryl methyl sites for hydroxylation is 1. The molecule has 6 heteroatoms. The number of Topliss-reactive ketones (excluding diaryl/α,β-unsaturated/α-hetero) is 1. The third kappa shape index (κ3) is 3.60. The van der Waals surface area contributed by atoms with E-state index in [0.717, 1.165) is 28.4 Å². The van der Waals surface area contributed by atoms with Crippen LogP contribution in [0.4, 0.5) is 0 Å². The van der Waals surface area contributed by atoms with Gasteiger partial charge in [-0.1, -0.05) is 11.2 Å². The highest BCUT2D eigenvalue weighted by Gasteiger charge is 2.12. The summed E-state index contributed by atoms with van der Waals surface area (Å²) in [5.74, 6) is 0.855. The van der Waals surface area contributed by atoms with Gasteiger partial charge in [0.1, 0.15) is 5.69 Å². The monoisotopic (exact) mass is 324 g/mol. The summed E-state index contributed by atoms with van der Waals surface area (Å²) in [5.41, 5.74) is 3.34. The Balaban J connectivity index is 1.66. The van der Waals surface area contributed by atoms with Crippen molar-refractivity contribution in [3.63, 3.8) is 0 Å². The molecule has 3 heterocycles. The standard InChI is InChI=1S/C18H20N4O2/c1-13(23)14-8-15(22(3)10-14)11-21(2)12-16-9-18(20-24-16)17-6-4-5-7-19-17/h4-10H,11-12H2,1-3H3. The van der Waals surface area contributed by atoms with E-state index in [1.165, 1.54) is 0 Å². The number of hydrogen-bond donors (Lipinski definition) is 0. The SMILES string of the molecule is CC(=O)c1cc(CN(C)Cc2cc(-c3ccccn3)no2)n(C)c1. The normalized spacial score (nSPS) is 11.2. The Hall–Kier alpha value is -2.73. The number of ketones is 1. The van der Waals surface area contributed by atoms with E-state index in [2.05, 4.69) is 15.0 Å². The Bertz CT molecular complexity index is 836. The summed E-state index contributed by atoms with van der Waals surface area (Å²) in [7, 11) is 3.95. The quantitative estimate of drug-likeness (QED) is 0.652. The van der Waals surface area contributed by atoms with Gasteiger partial charge >= 0.3 is 0 Å². The van der Waals surface area contributed by atoms with Gasteiger partial charge in [-0.05, 0) is 32.2 Å². The number of rotatable bonds is 6. The van der Waals surface area contributed by atoms with E-state index in [1.807, 2.05) is 55.2 Å². The number of aromatic nitrogens is 3. The van der Waals surface area contributed by atoms with Crippen LogP contribution >= 0.6 is 0 Å². The molecule has 6 nitrogen and oxygen atoms in total. The zero-order chi connectivity index (χ0) is 17.1. The van der Waals surface area contributed by atoms with Crippen LogP contribution in [0.25, 0.3) is 11.4 Å². The van der Waals surface area contributed by atoms with Crippen molar-refractivity contribution in [1.29, 1.82) is 0 Å². The van der Waals surface area contributed by atoms with Crippen LogP contribution in [0.3, 0.4) is 0 Å². The summed E-state index contributed by atoms with van der Waals surface area (Å²) in [5, 5.41) is 4.08. The average Bonchev–Trinajstić information content (AvgIpc) is 3.16. The van der Waals surface area contributed by atoms with Crippen molar-refractivity contribution >= 4 is 5.78 Å². The summed E-state index contributed by atoms with van der Waals surface area (Å²) < 4.78 is 7.39. The van der Waals surface area contributed by atoms with Crippen molar-refractivity contribution < 1.29 is 9.32 Å². The molecule has 0 fully saturated rings. The molecule has 0 spiro atoms. The van der Waals surface area contributed by atoms with E-state index in [-0.39, 0.29) is 5.78 Å². The average molecular weight is 324 g/mol. The first-order chi connectivity index (χ1) is 11.5. The molecular formula is C18H20N4O2. The van der Waals surface area contributed by atoms with Crippen molar-refractivity contribution in [1.82, 2.24) is 19.6 Å². The van der Waals surface area contributed by atoms with Gasteiger partial charge in [-0.25, -0.2) is 0 Å². The molecule has 3 aromatic heterocycles. The number of hydrogen-bond acceptors (Lipinski definition) is 5. The van der Waals surface area contributed by atoms with Crippen LogP contribution in [0.5, 0.6) is 0 Å². The number of nitrogens with zero attached hydrogens (tertiary/aromatic N) is 4. The molecule has 0 aromatic carbocycles. The molecule has 0 atom stereocenters. The Kier molecular flexibility index (Phi) is 4.57. The van der Waals surface area contributed by atoms with Crippen LogP contribution in [0.1, 0.15) is 28.7 Å². The van der Waals surface area contributed by atoms with Gasteiger partial charge in [0.2, 0.25) is 0 Å². The third-order valence-corrected chi connectivity index (χ3v) is 3.86. The Morgan fingerprint density at radius 1 is 1.25 bits per heavy atom. The molecule has 0 saturated heterocycles. The lowest BCUT2D eigenvalue weighted by Gasteiger charge is -2.15. The maximum atomic E-state index is 11.5. The maximum Gasteiger partial charge on any atom is 0.161 e. The van der Waals surface area contributed by atoms with Crippen molar-refractivity contribution in [2.24, 2.45) is 7.05 Å². The fourth-order valence-corrected chi connectivity index (χ4v) is 2.58. The van der Waals surface area contributed by atoms with Gasteiger partial charge in [-0.15, -0.1) is 0 Å². The van der Waals surface area contributed by atoms with Crippen molar-refractivity contribution in [3.05, 3.63) is 59.7 Å². The van der Waals surface area contributed by atoms with Gasteiger partial charge in [0.25, 0.3) is 0 Å². The second-order valence-corrected chi connectivity index (χ2v) is 5.95. The smallest absolute Gasteiger partial charge is 0.161 e. The molecular weight excluding hydrogens is 304 g/mol. The number of carbonyl (C=O) groups excluding carboxylic acids is 1. The van der Waals surface area contributed by atoms with Crippen molar-refractivity contribution in [2.75, 3.05) is 7.05 Å². The molecule has 124 valence electrons. The molecule has 0 aliphatic carbocycles. The molecule has 0 bridgehead atoms. The van der Waals surface area contributed by atoms with E-state index < -0.39 is 0 Å². The molecule has 0 N–H and O–H groups in total.